The van der Waals surface area contributed by atoms with Gasteiger partial charge in [0.15, 0.2) is 0 Å². The summed E-state index contributed by atoms with van der Waals surface area (Å²) in [5.41, 5.74) is 0.677. The molecule has 0 spiro atoms. The van der Waals surface area contributed by atoms with Gasteiger partial charge in [0.05, 0.1) is 11.4 Å². The second kappa shape index (κ2) is 9.12. The molecule has 2 aromatic rings. The number of hydrogen-bond donors (Lipinski definition) is 0. The van der Waals surface area contributed by atoms with Crippen LogP contribution in [0.5, 0.6) is 0 Å². The minimum absolute atomic E-state index is 0.0645. The van der Waals surface area contributed by atoms with Crippen molar-refractivity contribution in [2.24, 2.45) is 0 Å². The highest BCUT2D eigenvalue weighted by molar-refractivity contribution is 7.89. The van der Waals surface area contributed by atoms with Crippen LogP contribution < -0.4 is 0 Å². The summed E-state index contributed by atoms with van der Waals surface area (Å²) in [5, 5.41) is 0. The summed E-state index contributed by atoms with van der Waals surface area (Å²) >= 11 is 0. The molecule has 2 aromatic carbocycles. The molecule has 2 heterocycles. The summed E-state index contributed by atoms with van der Waals surface area (Å²) in [6.45, 7) is -0.232. The first-order valence-electron chi connectivity index (χ1n) is 10.3. The molecule has 0 radical (unpaired) electrons. The fourth-order valence-electron chi connectivity index (χ4n) is 3.75. The molecule has 10 nitrogen and oxygen atoms in total. The lowest BCUT2D eigenvalue weighted by Gasteiger charge is -2.34. The SMILES string of the molecule is O=C(CN1C(=O)C(=O)N(Cc2ccccc2)C1=O)N1CCN(S(=O)(=O)c2ccccc2)CC1. The van der Waals surface area contributed by atoms with Crippen LogP contribution in [0.4, 0.5) is 4.79 Å². The Morgan fingerprint density at radius 1 is 0.758 bits per heavy atom. The quantitative estimate of drug-likeness (QED) is 0.449. The van der Waals surface area contributed by atoms with Gasteiger partial charge in [-0.3, -0.25) is 19.3 Å². The molecular formula is C22H22N4O6S. The highest BCUT2D eigenvalue weighted by Gasteiger charge is 2.45. The zero-order valence-corrected chi connectivity index (χ0v) is 18.5. The summed E-state index contributed by atoms with van der Waals surface area (Å²) in [5.74, 6) is -2.55. The number of hydrogen-bond acceptors (Lipinski definition) is 6. The third kappa shape index (κ3) is 4.50. The van der Waals surface area contributed by atoms with Gasteiger partial charge < -0.3 is 4.90 Å². The Labute approximate surface area is 191 Å². The second-order valence-corrected chi connectivity index (χ2v) is 9.59. The van der Waals surface area contributed by atoms with Crippen molar-refractivity contribution in [2.45, 2.75) is 11.4 Å². The molecule has 0 unspecified atom stereocenters. The maximum absolute atomic E-state index is 12.7. The van der Waals surface area contributed by atoms with E-state index < -0.39 is 40.3 Å². The van der Waals surface area contributed by atoms with Gasteiger partial charge in [-0.2, -0.15) is 4.31 Å². The van der Waals surface area contributed by atoms with Crippen LogP contribution in [-0.2, 0) is 31.0 Å². The Kier molecular flexibility index (Phi) is 6.25. The number of sulfonamides is 1. The lowest BCUT2D eigenvalue weighted by atomic mass is 10.2. The number of carbonyl (C=O) groups excluding carboxylic acids is 4. The Balaban J connectivity index is 1.36. The van der Waals surface area contributed by atoms with Gasteiger partial charge in [0, 0.05) is 26.2 Å². The number of benzene rings is 2. The highest BCUT2D eigenvalue weighted by atomic mass is 32.2. The van der Waals surface area contributed by atoms with Crippen molar-refractivity contribution >= 4 is 33.8 Å². The van der Waals surface area contributed by atoms with Crippen molar-refractivity contribution < 1.29 is 27.6 Å². The molecule has 0 bridgehead atoms. The topological polar surface area (TPSA) is 115 Å². The van der Waals surface area contributed by atoms with Crippen molar-refractivity contribution in [3.8, 4) is 0 Å². The van der Waals surface area contributed by atoms with Crippen LogP contribution in [0.25, 0.3) is 0 Å². The fraction of sp³-hybridized carbons (Fsp3) is 0.273. The van der Waals surface area contributed by atoms with E-state index in [1.165, 1.54) is 21.3 Å². The van der Waals surface area contributed by atoms with Crippen LogP contribution in [-0.4, -0.2) is 83.9 Å². The lowest BCUT2D eigenvalue weighted by Crippen LogP contribution is -2.53. The molecule has 5 amide bonds. The Morgan fingerprint density at radius 3 is 1.91 bits per heavy atom. The van der Waals surface area contributed by atoms with Crippen LogP contribution >= 0.6 is 0 Å². The van der Waals surface area contributed by atoms with E-state index in [0.29, 0.717) is 10.5 Å². The van der Waals surface area contributed by atoms with Crippen LogP contribution in [0.15, 0.2) is 65.6 Å². The van der Waals surface area contributed by atoms with Crippen molar-refractivity contribution in [1.29, 1.82) is 0 Å². The molecule has 0 N–H and O–H groups in total. The van der Waals surface area contributed by atoms with E-state index in [2.05, 4.69) is 0 Å². The van der Waals surface area contributed by atoms with Crippen LogP contribution in [0.3, 0.4) is 0 Å². The molecular weight excluding hydrogens is 448 g/mol. The van der Waals surface area contributed by atoms with Crippen molar-refractivity contribution in [1.82, 2.24) is 19.0 Å². The molecule has 2 fully saturated rings. The molecule has 0 aromatic heterocycles. The number of rotatable bonds is 6. The molecule has 0 saturated carbocycles. The van der Waals surface area contributed by atoms with Crippen LogP contribution in [0.2, 0.25) is 0 Å². The average molecular weight is 471 g/mol. The van der Waals surface area contributed by atoms with E-state index >= 15 is 0 Å². The number of nitrogens with zero attached hydrogens (tertiary/aromatic N) is 4. The number of urea groups is 1. The van der Waals surface area contributed by atoms with E-state index in [9.17, 15) is 27.6 Å². The van der Waals surface area contributed by atoms with E-state index in [0.717, 1.165) is 4.90 Å². The highest BCUT2D eigenvalue weighted by Crippen LogP contribution is 2.19. The summed E-state index contributed by atoms with van der Waals surface area (Å²) in [6, 6.07) is 15.9. The van der Waals surface area contributed by atoms with Crippen molar-refractivity contribution in [3.63, 3.8) is 0 Å². The van der Waals surface area contributed by atoms with Gasteiger partial charge in [0.2, 0.25) is 15.9 Å². The van der Waals surface area contributed by atoms with E-state index in [-0.39, 0.29) is 37.6 Å². The molecule has 4 rings (SSSR count). The third-order valence-electron chi connectivity index (χ3n) is 5.58. The lowest BCUT2D eigenvalue weighted by molar-refractivity contribution is -0.145. The number of imide groups is 2. The van der Waals surface area contributed by atoms with Gasteiger partial charge in [0.25, 0.3) is 0 Å². The van der Waals surface area contributed by atoms with Crippen LogP contribution in [0, 0.1) is 0 Å². The van der Waals surface area contributed by atoms with Gasteiger partial charge in [0.1, 0.15) is 6.54 Å². The second-order valence-electron chi connectivity index (χ2n) is 7.65. The average Bonchev–Trinajstić information content (AvgIpc) is 3.03. The molecule has 0 aliphatic carbocycles. The molecule has 11 heteroatoms. The predicted octanol–water partition coefficient (Wildman–Crippen LogP) is 0.510. The van der Waals surface area contributed by atoms with Crippen LogP contribution in [0.1, 0.15) is 5.56 Å². The largest absolute Gasteiger partial charge is 0.338 e. The van der Waals surface area contributed by atoms with E-state index in [4.69, 9.17) is 0 Å². The minimum Gasteiger partial charge on any atom is -0.338 e. The summed E-state index contributed by atoms with van der Waals surface area (Å²) in [4.78, 5) is 53.0. The first-order chi connectivity index (χ1) is 15.8. The van der Waals surface area contributed by atoms with Gasteiger partial charge in [-0.25, -0.2) is 18.1 Å². The monoisotopic (exact) mass is 470 g/mol. The standard InChI is InChI=1S/C22H22N4O6S/c27-19(23-11-13-24(14-12-23)33(31,32)18-9-5-2-6-10-18)16-26-21(29)20(28)25(22(26)30)15-17-7-3-1-4-8-17/h1-10H,11-16H2. The van der Waals surface area contributed by atoms with Gasteiger partial charge in [-0.15, -0.1) is 0 Å². The zero-order valence-electron chi connectivity index (χ0n) is 17.7. The number of amides is 5. The Morgan fingerprint density at radius 2 is 1.30 bits per heavy atom. The first-order valence-corrected chi connectivity index (χ1v) is 11.8. The molecule has 2 aliphatic heterocycles. The van der Waals surface area contributed by atoms with Gasteiger partial charge in [-0.1, -0.05) is 48.5 Å². The third-order valence-corrected chi connectivity index (χ3v) is 7.50. The molecule has 2 saturated heterocycles. The Bertz CT molecular complexity index is 1180. The van der Waals surface area contributed by atoms with Crippen molar-refractivity contribution in [3.05, 3.63) is 66.2 Å². The molecule has 2 aliphatic rings. The normalized spacial score (nSPS) is 17.7. The molecule has 33 heavy (non-hydrogen) atoms. The summed E-state index contributed by atoms with van der Waals surface area (Å²) in [6.07, 6.45) is 0. The maximum atomic E-state index is 12.7. The van der Waals surface area contributed by atoms with E-state index in [1.807, 2.05) is 0 Å². The predicted molar refractivity (Wildman–Crippen MR) is 116 cm³/mol. The van der Waals surface area contributed by atoms with Gasteiger partial charge >= 0.3 is 17.8 Å². The van der Waals surface area contributed by atoms with Gasteiger partial charge in [-0.05, 0) is 17.7 Å². The molecule has 172 valence electrons. The maximum Gasteiger partial charge on any atom is 0.335 e. The van der Waals surface area contributed by atoms with E-state index in [1.54, 1.807) is 48.5 Å². The first kappa shape index (κ1) is 22.6. The summed E-state index contributed by atoms with van der Waals surface area (Å²) < 4.78 is 26.8. The Hall–Kier alpha value is -3.57. The fourth-order valence-corrected chi connectivity index (χ4v) is 5.19. The zero-order chi connectivity index (χ0) is 23.6. The summed E-state index contributed by atoms with van der Waals surface area (Å²) in [7, 11) is -3.67. The molecule has 0 atom stereocenters. The number of piperazine rings is 1. The minimum atomic E-state index is -3.67. The number of carbonyl (C=O) groups is 4. The van der Waals surface area contributed by atoms with Crippen molar-refractivity contribution in [2.75, 3.05) is 32.7 Å². The smallest absolute Gasteiger partial charge is 0.335 e.